The van der Waals surface area contributed by atoms with Crippen molar-refractivity contribution in [2.75, 3.05) is 19.6 Å². The summed E-state index contributed by atoms with van der Waals surface area (Å²) in [6.45, 7) is 4.99. The molecule has 0 bridgehead atoms. The second-order valence-corrected chi connectivity index (χ2v) is 5.57. The fraction of sp³-hybridized carbons (Fsp3) is 0.688. The van der Waals surface area contributed by atoms with Crippen LogP contribution < -0.4 is 5.32 Å². The van der Waals surface area contributed by atoms with Gasteiger partial charge in [0.15, 0.2) is 0 Å². The summed E-state index contributed by atoms with van der Waals surface area (Å²) in [5.41, 5.74) is 0. The van der Waals surface area contributed by atoms with Crippen LogP contribution in [-0.2, 0) is 11.2 Å². The van der Waals surface area contributed by atoms with Gasteiger partial charge in [-0.05, 0) is 37.9 Å². The van der Waals surface area contributed by atoms with Crippen molar-refractivity contribution in [2.45, 2.75) is 51.5 Å². The van der Waals surface area contributed by atoms with Crippen LogP contribution in [0.5, 0.6) is 0 Å². The molecule has 112 valence electrons. The highest BCUT2D eigenvalue weighted by Crippen LogP contribution is 2.11. The van der Waals surface area contributed by atoms with Gasteiger partial charge < -0.3 is 14.6 Å². The minimum Gasteiger partial charge on any atom is -0.469 e. The quantitative estimate of drug-likeness (QED) is 0.795. The van der Waals surface area contributed by atoms with E-state index in [1.165, 1.54) is 12.8 Å². The van der Waals surface area contributed by atoms with E-state index in [2.05, 4.69) is 12.2 Å². The lowest BCUT2D eigenvalue weighted by atomic mass is 10.1. The molecule has 20 heavy (non-hydrogen) atoms. The summed E-state index contributed by atoms with van der Waals surface area (Å²) < 4.78 is 5.30. The van der Waals surface area contributed by atoms with Crippen molar-refractivity contribution in [3.05, 3.63) is 24.2 Å². The third-order valence-corrected chi connectivity index (χ3v) is 3.90. The van der Waals surface area contributed by atoms with Gasteiger partial charge in [-0.1, -0.05) is 13.3 Å². The van der Waals surface area contributed by atoms with Gasteiger partial charge in [-0.15, -0.1) is 0 Å². The zero-order valence-corrected chi connectivity index (χ0v) is 12.4. The van der Waals surface area contributed by atoms with E-state index >= 15 is 0 Å². The SMILES string of the molecule is CCCCN(CC1CCCN1)C(=O)CCc1ccco1. The van der Waals surface area contributed by atoms with Crippen LogP contribution in [0.3, 0.4) is 0 Å². The molecule has 1 aromatic heterocycles. The molecule has 0 spiro atoms. The Morgan fingerprint density at radius 3 is 3.10 bits per heavy atom. The molecule has 0 aromatic carbocycles. The average Bonchev–Trinajstić information content (AvgIpc) is 3.13. The number of amides is 1. The molecule has 0 radical (unpaired) electrons. The number of furan rings is 1. The first-order valence-corrected chi connectivity index (χ1v) is 7.83. The molecule has 1 aliphatic rings. The number of aryl methyl sites for hydroxylation is 1. The van der Waals surface area contributed by atoms with Gasteiger partial charge in [-0.3, -0.25) is 4.79 Å². The van der Waals surface area contributed by atoms with E-state index in [1.807, 2.05) is 17.0 Å². The Kier molecular flexibility index (Phi) is 6.12. The van der Waals surface area contributed by atoms with Crippen LogP contribution in [0.1, 0.15) is 44.8 Å². The number of carbonyl (C=O) groups excluding carboxylic acids is 1. The van der Waals surface area contributed by atoms with Gasteiger partial charge in [0, 0.05) is 32.0 Å². The van der Waals surface area contributed by atoms with E-state index in [9.17, 15) is 4.79 Å². The van der Waals surface area contributed by atoms with Gasteiger partial charge in [0.25, 0.3) is 0 Å². The van der Waals surface area contributed by atoms with Gasteiger partial charge in [-0.2, -0.15) is 0 Å². The predicted octanol–water partition coefficient (Wildman–Crippen LogP) is 2.59. The normalized spacial score (nSPS) is 18.4. The molecule has 1 amide bonds. The predicted molar refractivity (Wildman–Crippen MR) is 79.5 cm³/mol. The van der Waals surface area contributed by atoms with E-state index < -0.39 is 0 Å². The Labute approximate surface area is 121 Å². The smallest absolute Gasteiger partial charge is 0.223 e. The number of nitrogens with one attached hydrogen (secondary N) is 1. The first-order valence-electron chi connectivity index (χ1n) is 7.83. The third-order valence-electron chi connectivity index (χ3n) is 3.90. The molecule has 1 N–H and O–H groups in total. The zero-order chi connectivity index (χ0) is 14.2. The van der Waals surface area contributed by atoms with Crippen molar-refractivity contribution in [1.82, 2.24) is 10.2 Å². The molecule has 1 aliphatic heterocycles. The minimum absolute atomic E-state index is 0.253. The highest BCUT2D eigenvalue weighted by atomic mass is 16.3. The first kappa shape index (κ1) is 15.1. The van der Waals surface area contributed by atoms with Crippen molar-refractivity contribution in [2.24, 2.45) is 0 Å². The number of hydrogen-bond donors (Lipinski definition) is 1. The van der Waals surface area contributed by atoms with E-state index in [-0.39, 0.29) is 5.91 Å². The molecule has 0 aliphatic carbocycles. The van der Waals surface area contributed by atoms with Crippen LogP contribution in [0.4, 0.5) is 0 Å². The van der Waals surface area contributed by atoms with Gasteiger partial charge >= 0.3 is 0 Å². The number of nitrogens with zero attached hydrogens (tertiary/aromatic N) is 1. The molecule has 4 nitrogen and oxygen atoms in total. The lowest BCUT2D eigenvalue weighted by Gasteiger charge is -2.26. The lowest BCUT2D eigenvalue weighted by molar-refractivity contribution is -0.131. The fourth-order valence-electron chi connectivity index (χ4n) is 2.69. The molecule has 4 heteroatoms. The summed E-state index contributed by atoms with van der Waals surface area (Å²) in [4.78, 5) is 14.4. The molecule has 1 atom stereocenters. The topological polar surface area (TPSA) is 45.5 Å². The van der Waals surface area contributed by atoms with E-state index in [4.69, 9.17) is 4.42 Å². The van der Waals surface area contributed by atoms with E-state index in [0.29, 0.717) is 18.9 Å². The Bertz CT molecular complexity index is 383. The number of hydrogen-bond acceptors (Lipinski definition) is 3. The van der Waals surface area contributed by atoms with Gasteiger partial charge in [0.2, 0.25) is 5.91 Å². The van der Waals surface area contributed by atoms with Crippen molar-refractivity contribution in [1.29, 1.82) is 0 Å². The van der Waals surface area contributed by atoms with Gasteiger partial charge in [0.1, 0.15) is 5.76 Å². The highest BCUT2D eigenvalue weighted by Gasteiger charge is 2.21. The maximum Gasteiger partial charge on any atom is 0.223 e. The van der Waals surface area contributed by atoms with Crippen molar-refractivity contribution in [3.8, 4) is 0 Å². The van der Waals surface area contributed by atoms with E-state index in [0.717, 1.165) is 38.2 Å². The molecule has 1 saturated heterocycles. The Morgan fingerprint density at radius 2 is 2.45 bits per heavy atom. The third kappa shape index (κ3) is 4.67. The van der Waals surface area contributed by atoms with Crippen LogP contribution in [0.15, 0.2) is 22.8 Å². The maximum absolute atomic E-state index is 12.4. The van der Waals surface area contributed by atoms with Crippen LogP contribution in [0, 0.1) is 0 Å². The Balaban J connectivity index is 1.81. The van der Waals surface area contributed by atoms with Gasteiger partial charge in [0.05, 0.1) is 6.26 Å². The second-order valence-electron chi connectivity index (χ2n) is 5.57. The van der Waals surface area contributed by atoms with Crippen LogP contribution in [-0.4, -0.2) is 36.5 Å². The van der Waals surface area contributed by atoms with Crippen molar-refractivity contribution in [3.63, 3.8) is 0 Å². The Hall–Kier alpha value is -1.29. The molecule has 1 aromatic rings. The van der Waals surface area contributed by atoms with Crippen molar-refractivity contribution >= 4 is 5.91 Å². The molecule has 1 fully saturated rings. The molecule has 2 heterocycles. The van der Waals surface area contributed by atoms with Crippen LogP contribution in [0.2, 0.25) is 0 Å². The summed E-state index contributed by atoms with van der Waals surface area (Å²) in [7, 11) is 0. The summed E-state index contributed by atoms with van der Waals surface area (Å²) in [5, 5.41) is 3.48. The monoisotopic (exact) mass is 278 g/mol. The summed E-state index contributed by atoms with van der Waals surface area (Å²) in [6.07, 6.45) is 7.54. The van der Waals surface area contributed by atoms with Gasteiger partial charge in [-0.25, -0.2) is 0 Å². The zero-order valence-electron chi connectivity index (χ0n) is 12.4. The van der Waals surface area contributed by atoms with Crippen LogP contribution in [0.25, 0.3) is 0 Å². The van der Waals surface area contributed by atoms with Crippen molar-refractivity contribution < 1.29 is 9.21 Å². The average molecular weight is 278 g/mol. The highest BCUT2D eigenvalue weighted by molar-refractivity contribution is 5.76. The first-order chi connectivity index (χ1) is 9.79. The maximum atomic E-state index is 12.4. The number of rotatable bonds is 8. The minimum atomic E-state index is 0.253. The summed E-state index contributed by atoms with van der Waals surface area (Å²) in [5.74, 6) is 1.15. The number of unbranched alkanes of at least 4 members (excludes halogenated alkanes) is 1. The molecule has 0 saturated carbocycles. The molecule has 1 unspecified atom stereocenters. The second kappa shape index (κ2) is 8.10. The Morgan fingerprint density at radius 1 is 1.55 bits per heavy atom. The van der Waals surface area contributed by atoms with E-state index in [1.54, 1.807) is 6.26 Å². The standard InChI is InChI=1S/C16H26N2O2/c1-2-3-11-18(13-14-6-4-10-17-14)16(19)9-8-15-7-5-12-20-15/h5,7,12,14,17H,2-4,6,8-11,13H2,1H3. The largest absolute Gasteiger partial charge is 0.469 e. The summed E-state index contributed by atoms with van der Waals surface area (Å²) in [6, 6.07) is 4.29. The molecular weight excluding hydrogens is 252 g/mol. The van der Waals surface area contributed by atoms with Crippen LogP contribution >= 0.6 is 0 Å². The fourth-order valence-corrected chi connectivity index (χ4v) is 2.69. The molecule has 2 rings (SSSR count). The lowest BCUT2D eigenvalue weighted by Crippen LogP contribution is -2.41. The number of carbonyl (C=O) groups is 1. The molecular formula is C16H26N2O2. The summed E-state index contributed by atoms with van der Waals surface area (Å²) >= 11 is 0.